The van der Waals surface area contributed by atoms with Crippen molar-refractivity contribution in [3.63, 3.8) is 0 Å². The van der Waals surface area contributed by atoms with Gasteiger partial charge in [0.2, 0.25) is 0 Å². The van der Waals surface area contributed by atoms with Gasteiger partial charge in [0.25, 0.3) is 11.8 Å². The average molecular weight is 362 g/mol. The number of rotatable bonds is 3. The number of carbonyl (C=O) groups excluding carboxylic acids is 3. The second-order valence-corrected chi connectivity index (χ2v) is 8.12. The number of unbranched alkanes of at least 4 members (excludes halogenated alkanes) is 1. The van der Waals surface area contributed by atoms with Crippen molar-refractivity contribution in [1.29, 1.82) is 0 Å². The SMILES string of the molecule is CCCCc1ccc2c(c1)SC(=C1C(=O)N(C)C(=O)N(C)C1=O)S2. The highest BCUT2D eigenvalue weighted by Crippen LogP contribution is 2.53. The van der Waals surface area contributed by atoms with E-state index in [-0.39, 0.29) is 5.57 Å². The first kappa shape index (κ1) is 17.1. The number of likely N-dealkylation sites (N-methyl/N-ethyl adjacent to an activating group) is 2. The number of nitrogens with zero attached hydrogens (tertiary/aromatic N) is 2. The first-order chi connectivity index (χ1) is 11.4. The molecule has 7 heteroatoms. The van der Waals surface area contributed by atoms with E-state index < -0.39 is 17.8 Å². The van der Waals surface area contributed by atoms with Crippen LogP contribution in [0.1, 0.15) is 25.3 Å². The van der Waals surface area contributed by atoms with Crippen LogP contribution in [0.5, 0.6) is 0 Å². The molecule has 0 saturated carbocycles. The minimum atomic E-state index is -0.596. The molecule has 1 fully saturated rings. The highest BCUT2D eigenvalue weighted by atomic mass is 32.2. The highest BCUT2D eigenvalue weighted by molar-refractivity contribution is 8.24. The summed E-state index contributed by atoms with van der Waals surface area (Å²) in [4.78, 5) is 40.8. The third kappa shape index (κ3) is 2.86. The quantitative estimate of drug-likeness (QED) is 0.608. The van der Waals surface area contributed by atoms with Crippen LogP contribution >= 0.6 is 23.5 Å². The van der Waals surface area contributed by atoms with E-state index >= 15 is 0 Å². The number of carbonyl (C=O) groups is 3. The lowest BCUT2D eigenvalue weighted by Gasteiger charge is -2.29. The molecular formula is C17H18N2O3S2. The van der Waals surface area contributed by atoms with Gasteiger partial charge in [-0.1, -0.05) is 42.9 Å². The Hall–Kier alpha value is -1.73. The molecule has 0 N–H and O–H groups in total. The number of aryl methyl sites for hydroxylation is 1. The molecule has 0 radical (unpaired) electrons. The number of urea groups is 1. The van der Waals surface area contributed by atoms with Gasteiger partial charge in [-0.2, -0.15) is 0 Å². The lowest BCUT2D eigenvalue weighted by atomic mass is 10.1. The van der Waals surface area contributed by atoms with Crippen LogP contribution in [0.15, 0.2) is 37.8 Å². The van der Waals surface area contributed by atoms with Gasteiger partial charge in [-0.15, -0.1) is 0 Å². The lowest BCUT2D eigenvalue weighted by Crippen LogP contribution is -2.53. The van der Waals surface area contributed by atoms with Crippen molar-refractivity contribution in [2.45, 2.75) is 36.0 Å². The van der Waals surface area contributed by atoms with E-state index in [0.29, 0.717) is 4.24 Å². The summed E-state index contributed by atoms with van der Waals surface area (Å²) in [5.74, 6) is -1.06. The van der Waals surface area contributed by atoms with Crippen molar-refractivity contribution in [3.05, 3.63) is 33.6 Å². The number of barbiturate groups is 1. The fourth-order valence-electron chi connectivity index (χ4n) is 2.58. The van der Waals surface area contributed by atoms with Gasteiger partial charge < -0.3 is 0 Å². The Morgan fingerprint density at radius 1 is 0.958 bits per heavy atom. The molecule has 0 atom stereocenters. The largest absolute Gasteiger partial charge is 0.333 e. The van der Waals surface area contributed by atoms with Gasteiger partial charge in [-0.05, 0) is 30.5 Å². The molecule has 3 rings (SSSR count). The van der Waals surface area contributed by atoms with Crippen molar-refractivity contribution < 1.29 is 14.4 Å². The fraction of sp³-hybridized carbons (Fsp3) is 0.353. The summed E-state index contributed by atoms with van der Waals surface area (Å²) >= 11 is 2.86. The maximum atomic E-state index is 12.4. The van der Waals surface area contributed by atoms with Gasteiger partial charge >= 0.3 is 6.03 Å². The number of thioether (sulfide) groups is 2. The van der Waals surface area contributed by atoms with Crippen molar-refractivity contribution >= 4 is 41.4 Å². The molecule has 1 saturated heterocycles. The maximum absolute atomic E-state index is 12.4. The maximum Gasteiger partial charge on any atom is 0.333 e. The minimum Gasteiger partial charge on any atom is -0.268 e. The van der Waals surface area contributed by atoms with E-state index in [1.54, 1.807) is 0 Å². The molecular weight excluding hydrogens is 344 g/mol. The van der Waals surface area contributed by atoms with Crippen LogP contribution in [-0.4, -0.2) is 41.7 Å². The molecule has 5 nitrogen and oxygen atoms in total. The predicted octanol–water partition coefficient (Wildman–Crippen LogP) is 3.49. The Morgan fingerprint density at radius 3 is 2.21 bits per heavy atom. The van der Waals surface area contributed by atoms with E-state index in [1.807, 2.05) is 6.07 Å². The van der Waals surface area contributed by atoms with E-state index in [2.05, 4.69) is 19.1 Å². The van der Waals surface area contributed by atoms with E-state index in [4.69, 9.17) is 0 Å². The van der Waals surface area contributed by atoms with Gasteiger partial charge in [0.1, 0.15) is 5.57 Å². The van der Waals surface area contributed by atoms with Crippen LogP contribution in [0.25, 0.3) is 0 Å². The third-order valence-corrected chi connectivity index (χ3v) is 6.59. The summed E-state index contributed by atoms with van der Waals surface area (Å²) < 4.78 is 0.652. The number of fused-ring (bicyclic) bond motifs is 1. The summed E-state index contributed by atoms with van der Waals surface area (Å²) in [6, 6.07) is 5.68. The molecule has 1 aromatic rings. The van der Waals surface area contributed by atoms with Crippen molar-refractivity contribution in [1.82, 2.24) is 9.80 Å². The average Bonchev–Trinajstić information content (AvgIpc) is 2.99. The first-order valence-electron chi connectivity index (χ1n) is 7.77. The zero-order valence-corrected chi connectivity index (χ0v) is 15.4. The lowest BCUT2D eigenvalue weighted by molar-refractivity contribution is -0.134. The van der Waals surface area contributed by atoms with E-state index in [1.165, 1.54) is 43.2 Å². The molecule has 2 aliphatic heterocycles. The monoisotopic (exact) mass is 362 g/mol. The van der Waals surface area contributed by atoms with E-state index in [0.717, 1.165) is 38.9 Å². The van der Waals surface area contributed by atoms with Gasteiger partial charge in [0, 0.05) is 23.9 Å². The second kappa shape index (κ2) is 6.64. The van der Waals surface area contributed by atoms with Crippen LogP contribution in [0.3, 0.4) is 0 Å². The van der Waals surface area contributed by atoms with Crippen LogP contribution in [0.2, 0.25) is 0 Å². The molecule has 0 unspecified atom stereocenters. The molecule has 1 aromatic carbocycles. The smallest absolute Gasteiger partial charge is 0.268 e. The molecule has 24 heavy (non-hydrogen) atoms. The van der Waals surface area contributed by atoms with Gasteiger partial charge in [0.15, 0.2) is 0 Å². The van der Waals surface area contributed by atoms with Gasteiger partial charge in [-0.3, -0.25) is 19.4 Å². The number of hydrogen-bond donors (Lipinski definition) is 0. The number of amides is 4. The predicted molar refractivity (Wildman–Crippen MR) is 94.7 cm³/mol. The normalized spacial score (nSPS) is 17.9. The molecule has 0 aromatic heterocycles. The summed E-state index contributed by atoms with van der Waals surface area (Å²) in [6.07, 6.45) is 3.31. The van der Waals surface area contributed by atoms with Crippen LogP contribution in [-0.2, 0) is 16.0 Å². The number of hydrogen-bond acceptors (Lipinski definition) is 5. The molecule has 126 valence electrons. The molecule has 0 spiro atoms. The fourth-order valence-corrected chi connectivity index (χ4v) is 5.16. The van der Waals surface area contributed by atoms with Crippen LogP contribution in [0, 0.1) is 0 Å². The second-order valence-electron chi connectivity index (χ2n) is 5.76. The standard InChI is InChI=1S/C17H18N2O3S2/c1-4-5-6-10-7-8-11-12(9-10)24-16(23-11)13-14(20)18(2)17(22)19(3)15(13)21/h7-9H,4-6H2,1-3H3. The van der Waals surface area contributed by atoms with Crippen LogP contribution in [0.4, 0.5) is 4.79 Å². The number of imide groups is 2. The van der Waals surface area contributed by atoms with Crippen molar-refractivity contribution in [2.75, 3.05) is 14.1 Å². The Bertz CT molecular complexity index is 747. The van der Waals surface area contributed by atoms with Crippen LogP contribution < -0.4 is 0 Å². The van der Waals surface area contributed by atoms with Crippen molar-refractivity contribution in [3.8, 4) is 0 Å². The molecule has 4 amide bonds. The minimum absolute atomic E-state index is 0.0842. The summed E-state index contributed by atoms with van der Waals surface area (Å²) in [6.45, 7) is 2.16. The van der Waals surface area contributed by atoms with E-state index in [9.17, 15) is 14.4 Å². The first-order valence-corrected chi connectivity index (χ1v) is 9.40. The Labute approximate surface area is 149 Å². The Balaban J connectivity index is 1.93. The Kier molecular flexibility index (Phi) is 4.73. The Morgan fingerprint density at radius 2 is 1.58 bits per heavy atom. The number of benzene rings is 1. The molecule has 2 aliphatic rings. The topological polar surface area (TPSA) is 57.7 Å². The summed E-state index contributed by atoms with van der Waals surface area (Å²) in [5.41, 5.74) is 1.35. The zero-order chi connectivity index (χ0) is 17.4. The van der Waals surface area contributed by atoms with Gasteiger partial charge in [-0.25, -0.2) is 4.79 Å². The van der Waals surface area contributed by atoms with Gasteiger partial charge in [0.05, 0.1) is 4.24 Å². The summed E-state index contributed by atoms with van der Waals surface area (Å²) in [7, 11) is 2.79. The highest BCUT2D eigenvalue weighted by Gasteiger charge is 2.41. The molecule has 2 heterocycles. The van der Waals surface area contributed by atoms with Crippen molar-refractivity contribution in [2.24, 2.45) is 0 Å². The summed E-state index contributed by atoms with van der Waals surface area (Å²) in [5, 5.41) is 0. The zero-order valence-electron chi connectivity index (χ0n) is 13.8. The molecule has 0 bridgehead atoms. The third-order valence-electron chi connectivity index (χ3n) is 4.05. The molecule has 0 aliphatic carbocycles.